The van der Waals surface area contributed by atoms with Crippen molar-refractivity contribution in [1.82, 2.24) is 4.90 Å². The molecule has 1 spiro atoms. The number of aromatic hydroxyl groups is 2. The number of ketones is 1. The smallest absolute Gasteiger partial charge is 0.312 e. The summed E-state index contributed by atoms with van der Waals surface area (Å²) in [4.78, 5) is 53.0. The van der Waals surface area contributed by atoms with E-state index in [0.717, 1.165) is 0 Å². The number of fused-ring (bicyclic) bond motifs is 1. The molecule has 1 amide bonds. The molecule has 1 fully saturated rings. The molecule has 0 aliphatic carbocycles. The quantitative estimate of drug-likeness (QED) is 0.200. The Morgan fingerprint density at radius 1 is 0.952 bits per heavy atom. The van der Waals surface area contributed by atoms with E-state index in [-0.39, 0.29) is 49.7 Å². The Kier molecular flexibility index (Phi) is 13.4. The number of hydrogen-bond acceptors (Lipinski definition) is 14. The topological polar surface area (TPSA) is 209 Å². The second-order valence-corrected chi connectivity index (χ2v) is 18.3. The number of carbonyl (C=O) groups is 3. The lowest BCUT2D eigenvalue weighted by molar-refractivity contribution is -0.160. The number of carbonyl (C=O) groups excluding carboxylic acids is 3. The first-order valence-electron chi connectivity index (χ1n) is 21.7. The highest BCUT2D eigenvalue weighted by Gasteiger charge is 2.51. The fourth-order valence-electron chi connectivity index (χ4n) is 9.34. The Bertz CT molecular complexity index is 2330. The number of aliphatic hydroxyl groups excluding tert-OH is 2. The molecule has 62 heavy (non-hydrogen) atoms. The SMILES string of the molecule is COC1C=COC2(C)Oc3c(C)c(O)c4c(O)c(c5c(c4c3C2=O)NC2(CCN(C(C)C(C)C)CC2)N=5)=NC(=O)/C(C)=C\C=C/C(C)C(O)C(C)C(O)C(C)C(OC(C)=O)C1C. The van der Waals surface area contributed by atoms with Crippen LogP contribution in [0.1, 0.15) is 98.0 Å². The molecule has 15 nitrogen and oxygen atoms in total. The van der Waals surface area contributed by atoms with Crippen LogP contribution >= 0.6 is 0 Å². The maximum Gasteiger partial charge on any atom is 0.312 e. The van der Waals surface area contributed by atoms with E-state index in [2.05, 4.69) is 36.0 Å². The number of hydrogen-bond donors (Lipinski definition) is 5. The van der Waals surface area contributed by atoms with Crippen LogP contribution in [-0.4, -0.2) is 105 Å². The molecule has 4 heterocycles. The first-order valence-corrected chi connectivity index (χ1v) is 21.7. The summed E-state index contributed by atoms with van der Waals surface area (Å²) >= 11 is 0. The van der Waals surface area contributed by atoms with Crippen LogP contribution in [0.2, 0.25) is 0 Å². The minimum Gasteiger partial charge on any atom is -0.507 e. The Morgan fingerprint density at radius 3 is 2.23 bits per heavy atom. The number of phenols is 2. The number of rotatable bonds is 4. The first-order chi connectivity index (χ1) is 29.1. The predicted molar refractivity (Wildman–Crippen MR) is 232 cm³/mol. The normalized spacial score (nSPS) is 32.3. The number of nitrogens with zero attached hydrogens (tertiary/aromatic N) is 3. The predicted octanol–water partition coefficient (Wildman–Crippen LogP) is 5.14. The first kappa shape index (κ1) is 46.7. The van der Waals surface area contributed by atoms with Crippen molar-refractivity contribution >= 4 is 34.1 Å². The molecule has 5 N–H and O–H groups in total. The second-order valence-electron chi connectivity index (χ2n) is 18.3. The Morgan fingerprint density at radius 2 is 1.61 bits per heavy atom. The van der Waals surface area contributed by atoms with Gasteiger partial charge in [0.2, 0.25) is 0 Å². The van der Waals surface area contributed by atoms with Crippen LogP contribution in [0.15, 0.2) is 46.1 Å². The maximum absolute atomic E-state index is 14.8. The van der Waals surface area contributed by atoms with Gasteiger partial charge in [0.25, 0.3) is 11.7 Å². The van der Waals surface area contributed by atoms with Gasteiger partial charge in [-0.15, -0.1) is 0 Å². The number of allylic oxidation sites excluding steroid dienone is 2. The number of esters is 1. The van der Waals surface area contributed by atoms with E-state index < -0.39 is 82.9 Å². The molecule has 1 saturated heterocycles. The molecule has 0 aromatic heterocycles. The lowest BCUT2D eigenvalue weighted by Crippen LogP contribution is -2.50. The summed E-state index contributed by atoms with van der Waals surface area (Å²) in [5.41, 5.74) is -0.130. The monoisotopic (exact) mass is 860 g/mol. The summed E-state index contributed by atoms with van der Waals surface area (Å²) in [6.45, 7) is 20.9. The third-order valence-electron chi connectivity index (χ3n) is 13.8. The average Bonchev–Trinajstić information content (AvgIpc) is 3.73. The number of likely N-dealkylation sites (tertiary alicyclic amines) is 1. The van der Waals surface area contributed by atoms with E-state index in [1.54, 1.807) is 65.8 Å². The van der Waals surface area contributed by atoms with Crippen LogP contribution in [0.3, 0.4) is 0 Å². The molecule has 10 unspecified atom stereocenters. The van der Waals surface area contributed by atoms with Gasteiger partial charge in [-0.2, -0.15) is 0 Å². The zero-order valence-corrected chi connectivity index (χ0v) is 38.0. The fourth-order valence-corrected chi connectivity index (χ4v) is 9.34. The summed E-state index contributed by atoms with van der Waals surface area (Å²) < 4.78 is 24.0. The fraction of sp³-hybridized carbons (Fsp3) is 0.596. The van der Waals surface area contributed by atoms with E-state index >= 15 is 0 Å². The second kappa shape index (κ2) is 17.7. The largest absolute Gasteiger partial charge is 0.507 e. The molecular weight excluding hydrogens is 797 g/mol. The Hall–Kier alpha value is -4.83. The molecule has 15 heteroatoms. The zero-order valence-electron chi connectivity index (χ0n) is 38.0. The molecule has 2 aromatic rings. The maximum atomic E-state index is 14.8. The van der Waals surface area contributed by atoms with Crippen LogP contribution in [0.5, 0.6) is 17.2 Å². The number of benzene rings is 2. The van der Waals surface area contributed by atoms with E-state index in [9.17, 15) is 34.8 Å². The summed E-state index contributed by atoms with van der Waals surface area (Å²) in [6.07, 6.45) is 5.05. The van der Waals surface area contributed by atoms with Gasteiger partial charge >= 0.3 is 11.8 Å². The van der Waals surface area contributed by atoms with Crippen molar-refractivity contribution in [3.63, 3.8) is 0 Å². The van der Waals surface area contributed by atoms with Crippen molar-refractivity contribution in [2.75, 3.05) is 25.5 Å². The lowest BCUT2D eigenvalue weighted by atomic mass is 9.78. The van der Waals surface area contributed by atoms with Gasteiger partial charge < -0.3 is 49.6 Å². The van der Waals surface area contributed by atoms with Crippen LogP contribution < -0.4 is 20.8 Å². The minimum atomic E-state index is -1.96. The molecule has 0 saturated carbocycles. The van der Waals surface area contributed by atoms with Crippen molar-refractivity contribution in [2.45, 2.75) is 131 Å². The summed E-state index contributed by atoms with van der Waals surface area (Å²) in [7, 11) is 1.47. The van der Waals surface area contributed by atoms with Crippen LogP contribution in [0.25, 0.3) is 10.8 Å². The van der Waals surface area contributed by atoms with Gasteiger partial charge in [0.1, 0.15) is 34.0 Å². The van der Waals surface area contributed by atoms with E-state index in [0.29, 0.717) is 43.6 Å². The molecule has 4 aliphatic rings. The van der Waals surface area contributed by atoms with Crippen LogP contribution in [0, 0.1) is 36.5 Å². The summed E-state index contributed by atoms with van der Waals surface area (Å²) in [5.74, 6) is -6.62. The van der Waals surface area contributed by atoms with Gasteiger partial charge in [0, 0.05) is 93.1 Å². The number of anilines is 1. The molecule has 0 radical (unpaired) electrons. The van der Waals surface area contributed by atoms with Crippen LogP contribution in [0.4, 0.5) is 5.69 Å². The number of piperidine rings is 1. The number of nitrogens with one attached hydrogen (secondary N) is 1. The number of phenolic OH excluding ortho intramolecular Hbond substituents is 2. The number of amides is 1. The van der Waals surface area contributed by atoms with Gasteiger partial charge in [0.05, 0.1) is 41.2 Å². The van der Waals surface area contributed by atoms with E-state index in [1.165, 1.54) is 27.2 Å². The van der Waals surface area contributed by atoms with Gasteiger partial charge in [-0.25, -0.2) is 4.99 Å². The van der Waals surface area contributed by atoms with E-state index in [4.69, 9.17) is 23.9 Å². The average molecular weight is 861 g/mol. The van der Waals surface area contributed by atoms with E-state index in [1.807, 2.05) is 0 Å². The molecular formula is C47H64N4O11. The molecule has 2 aromatic carbocycles. The van der Waals surface area contributed by atoms with Crippen molar-refractivity contribution in [3.8, 4) is 17.2 Å². The standard InChI is InChI=1S/C47H64N4O11/c1-22(2)29(9)51-19-17-47(18-20-51)49-35-32-33-40(55)28(8)43-34(32)44(57)46(11,62-43)60-21-16-31(59-12)25(5)42(61-30(10)52)27(7)39(54)26(6)38(53)23(3)14-13-15-24(4)45(58)48-37(41(33)56)36(35)50-47/h13-16,21-23,25-27,29,31,38-39,42,49,53-56H,17-20H2,1-12H3/b14-13-,21-16?,24-15-,48-37?. The highest BCUT2D eigenvalue weighted by atomic mass is 16.7. The highest BCUT2D eigenvalue weighted by molar-refractivity contribution is 6.21. The highest BCUT2D eigenvalue weighted by Crippen LogP contribution is 2.51. The molecule has 338 valence electrons. The zero-order chi connectivity index (χ0) is 45.7. The number of methoxy groups -OCH3 is 1. The minimum absolute atomic E-state index is 0.0525. The number of ether oxygens (including phenoxy) is 4. The molecule has 6 rings (SSSR count). The van der Waals surface area contributed by atoms with Crippen LogP contribution in [-0.2, 0) is 23.8 Å². The third-order valence-corrected chi connectivity index (χ3v) is 13.8. The van der Waals surface area contributed by atoms with Crippen molar-refractivity contribution in [2.24, 2.45) is 39.6 Å². The Labute approximate surface area is 363 Å². The third kappa shape index (κ3) is 8.36. The van der Waals surface area contributed by atoms with Gasteiger partial charge in [-0.05, 0) is 32.8 Å². The van der Waals surface area contributed by atoms with Gasteiger partial charge in [-0.3, -0.25) is 19.4 Å². The molecule has 4 bridgehead atoms. The number of Topliss-reactive ketones (excluding diaryl/α,β-unsaturated/α-hetero) is 1. The lowest BCUT2D eigenvalue weighted by Gasteiger charge is -2.41. The van der Waals surface area contributed by atoms with Crippen molar-refractivity contribution in [1.29, 1.82) is 0 Å². The van der Waals surface area contributed by atoms with Crippen molar-refractivity contribution in [3.05, 3.63) is 58.0 Å². The summed E-state index contributed by atoms with van der Waals surface area (Å²) in [5, 5.41) is 50.6. The van der Waals surface area contributed by atoms with Gasteiger partial charge in [0.15, 0.2) is 5.75 Å². The summed E-state index contributed by atoms with van der Waals surface area (Å²) in [6, 6.07) is 0.326. The number of aliphatic hydroxyl groups is 2. The van der Waals surface area contributed by atoms with Crippen molar-refractivity contribution < 1.29 is 53.8 Å². The molecule has 4 aliphatic heterocycles. The molecule has 10 atom stereocenters. The van der Waals surface area contributed by atoms with Gasteiger partial charge in [-0.1, -0.05) is 59.8 Å². The Balaban J connectivity index is 1.55.